The van der Waals surface area contributed by atoms with Gasteiger partial charge in [-0.1, -0.05) is 11.3 Å². The largest absolute Gasteiger partial charge is 0.494 e. The summed E-state index contributed by atoms with van der Waals surface area (Å²) in [4.78, 5) is 36.0. The number of aromatic nitrogens is 3. The number of nitrogens with zero attached hydrogens (tertiary/aromatic N) is 4. The molecule has 1 aliphatic rings. The van der Waals surface area contributed by atoms with Crippen molar-refractivity contribution in [2.45, 2.75) is 13.5 Å². The SMILES string of the molecule is CCOc1ccc(NC(=O)Cn2cnc3nc(N4CCOCC4)sc3c2=O)cc1. The molecule has 1 N–H and O–H groups in total. The number of rotatable bonds is 6. The van der Waals surface area contributed by atoms with E-state index in [0.717, 1.165) is 24.0 Å². The predicted molar refractivity (Wildman–Crippen MR) is 111 cm³/mol. The first kappa shape index (κ1) is 19.3. The van der Waals surface area contributed by atoms with Crippen molar-refractivity contribution in [3.05, 3.63) is 40.9 Å². The zero-order valence-electron chi connectivity index (χ0n) is 16.0. The van der Waals surface area contributed by atoms with Gasteiger partial charge in [-0.3, -0.25) is 14.2 Å². The number of hydrogen-bond donors (Lipinski definition) is 1. The van der Waals surface area contributed by atoms with Crippen molar-refractivity contribution in [2.24, 2.45) is 0 Å². The minimum Gasteiger partial charge on any atom is -0.494 e. The van der Waals surface area contributed by atoms with Crippen LogP contribution in [0, 0.1) is 0 Å². The number of benzene rings is 1. The summed E-state index contributed by atoms with van der Waals surface area (Å²) in [5.41, 5.74) is 0.770. The molecule has 0 aliphatic carbocycles. The number of ether oxygens (including phenoxy) is 2. The van der Waals surface area contributed by atoms with Crippen LogP contribution in [0.15, 0.2) is 35.4 Å². The van der Waals surface area contributed by atoms with E-state index in [4.69, 9.17) is 9.47 Å². The van der Waals surface area contributed by atoms with E-state index in [2.05, 4.69) is 20.2 Å². The monoisotopic (exact) mass is 415 g/mol. The van der Waals surface area contributed by atoms with Crippen molar-refractivity contribution in [1.82, 2.24) is 14.5 Å². The highest BCUT2D eigenvalue weighted by molar-refractivity contribution is 7.22. The van der Waals surface area contributed by atoms with Gasteiger partial charge in [-0.05, 0) is 31.2 Å². The van der Waals surface area contributed by atoms with Crippen LogP contribution in [0.25, 0.3) is 10.3 Å². The lowest BCUT2D eigenvalue weighted by atomic mass is 10.3. The predicted octanol–water partition coefficient (Wildman–Crippen LogP) is 1.73. The van der Waals surface area contributed by atoms with Crippen LogP contribution < -0.4 is 20.5 Å². The van der Waals surface area contributed by atoms with Crippen molar-refractivity contribution < 1.29 is 14.3 Å². The highest BCUT2D eigenvalue weighted by atomic mass is 32.1. The Kier molecular flexibility index (Phi) is 5.72. The summed E-state index contributed by atoms with van der Waals surface area (Å²) in [7, 11) is 0. The molecule has 0 spiro atoms. The summed E-state index contributed by atoms with van der Waals surface area (Å²) in [6.45, 7) is 5.11. The van der Waals surface area contributed by atoms with E-state index in [1.807, 2.05) is 6.92 Å². The third-order valence-electron chi connectivity index (χ3n) is 4.42. The van der Waals surface area contributed by atoms with Crippen molar-refractivity contribution in [2.75, 3.05) is 43.1 Å². The Morgan fingerprint density at radius 2 is 2.03 bits per heavy atom. The molecule has 2 aromatic heterocycles. The third kappa shape index (κ3) is 4.38. The van der Waals surface area contributed by atoms with Gasteiger partial charge in [-0.15, -0.1) is 0 Å². The van der Waals surface area contributed by atoms with Crippen LogP contribution in [-0.2, 0) is 16.1 Å². The molecule has 3 aromatic rings. The fraction of sp³-hybridized carbons (Fsp3) is 0.368. The lowest BCUT2D eigenvalue weighted by molar-refractivity contribution is -0.116. The summed E-state index contributed by atoms with van der Waals surface area (Å²) < 4.78 is 12.5. The maximum Gasteiger partial charge on any atom is 0.273 e. The Morgan fingerprint density at radius 3 is 2.76 bits per heavy atom. The molecule has 9 nitrogen and oxygen atoms in total. The molecule has 0 saturated carbocycles. The molecular weight excluding hydrogens is 394 g/mol. The Hall–Kier alpha value is -2.98. The maximum absolute atomic E-state index is 12.8. The minimum absolute atomic E-state index is 0.125. The van der Waals surface area contributed by atoms with Crippen LogP contribution in [0.4, 0.5) is 10.8 Å². The number of morpholine rings is 1. The van der Waals surface area contributed by atoms with Crippen LogP contribution >= 0.6 is 11.3 Å². The van der Waals surface area contributed by atoms with E-state index >= 15 is 0 Å². The van der Waals surface area contributed by atoms with Crippen molar-refractivity contribution in [3.8, 4) is 5.75 Å². The molecule has 0 radical (unpaired) electrons. The van der Waals surface area contributed by atoms with E-state index in [0.29, 0.717) is 35.9 Å². The van der Waals surface area contributed by atoms with Gasteiger partial charge >= 0.3 is 0 Å². The second-order valence-corrected chi connectivity index (χ2v) is 7.41. The fourth-order valence-electron chi connectivity index (χ4n) is 2.99. The van der Waals surface area contributed by atoms with Gasteiger partial charge < -0.3 is 19.7 Å². The second-order valence-electron chi connectivity index (χ2n) is 6.43. The first-order valence-electron chi connectivity index (χ1n) is 9.35. The molecular formula is C19H21N5O4S. The van der Waals surface area contributed by atoms with Crippen molar-refractivity contribution >= 4 is 38.4 Å². The minimum atomic E-state index is -0.310. The van der Waals surface area contributed by atoms with Gasteiger partial charge in [0.1, 0.15) is 23.3 Å². The quantitative estimate of drug-likeness (QED) is 0.655. The molecule has 1 aliphatic heterocycles. The summed E-state index contributed by atoms with van der Waals surface area (Å²) in [6.07, 6.45) is 1.37. The number of carbonyl (C=O) groups is 1. The topological polar surface area (TPSA) is 98.6 Å². The maximum atomic E-state index is 12.8. The van der Waals surface area contributed by atoms with Crippen LogP contribution in [0.2, 0.25) is 0 Å². The normalized spacial score (nSPS) is 14.2. The molecule has 4 rings (SSSR count). The van der Waals surface area contributed by atoms with E-state index in [9.17, 15) is 9.59 Å². The van der Waals surface area contributed by atoms with Crippen LogP contribution in [0.5, 0.6) is 5.75 Å². The molecule has 1 saturated heterocycles. The van der Waals surface area contributed by atoms with Gasteiger partial charge in [0.05, 0.1) is 19.8 Å². The average molecular weight is 415 g/mol. The van der Waals surface area contributed by atoms with E-state index in [-0.39, 0.29) is 18.0 Å². The molecule has 0 atom stereocenters. The van der Waals surface area contributed by atoms with Crippen molar-refractivity contribution in [3.63, 3.8) is 0 Å². The van der Waals surface area contributed by atoms with Gasteiger partial charge in [0.2, 0.25) is 5.91 Å². The molecule has 29 heavy (non-hydrogen) atoms. The van der Waals surface area contributed by atoms with Crippen molar-refractivity contribution in [1.29, 1.82) is 0 Å². The Balaban J connectivity index is 1.47. The Bertz CT molecular complexity index is 1060. The number of thiazole rings is 1. The molecule has 1 aromatic carbocycles. The van der Waals surface area contributed by atoms with Crippen LogP contribution in [0.1, 0.15) is 6.92 Å². The number of nitrogens with one attached hydrogen (secondary N) is 1. The zero-order chi connectivity index (χ0) is 20.2. The summed E-state index contributed by atoms with van der Waals surface area (Å²) in [6, 6.07) is 7.07. The number of anilines is 2. The number of carbonyl (C=O) groups excluding carboxylic acids is 1. The second kappa shape index (κ2) is 8.58. The molecule has 10 heteroatoms. The zero-order valence-corrected chi connectivity index (χ0v) is 16.8. The van der Waals surface area contributed by atoms with E-state index in [1.54, 1.807) is 24.3 Å². The number of hydrogen-bond acceptors (Lipinski definition) is 8. The van der Waals surface area contributed by atoms with Gasteiger partial charge in [-0.25, -0.2) is 4.98 Å². The van der Waals surface area contributed by atoms with Crippen LogP contribution in [0.3, 0.4) is 0 Å². The van der Waals surface area contributed by atoms with Gasteiger partial charge in [0.25, 0.3) is 5.56 Å². The molecule has 3 heterocycles. The van der Waals surface area contributed by atoms with Gasteiger partial charge in [0.15, 0.2) is 10.8 Å². The molecule has 0 unspecified atom stereocenters. The Morgan fingerprint density at radius 1 is 1.28 bits per heavy atom. The Labute approximate surface area is 170 Å². The van der Waals surface area contributed by atoms with E-state index < -0.39 is 0 Å². The smallest absolute Gasteiger partial charge is 0.273 e. The van der Waals surface area contributed by atoms with Crippen LogP contribution in [-0.4, -0.2) is 53.4 Å². The standard InChI is InChI=1S/C19H21N5O4S/c1-2-28-14-5-3-13(4-6-14)21-15(25)11-24-12-20-17-16(18(24)26)29-19(22-17)23-7-9-27-10-8-23/h3-6,12H,2,7-11H2,1H3,(H,21,25). The summed E-state index contributed by atoms with van der Waals surface area (Å²) in [5.74, 6) is 0.424. The highest BCUT2D eigenvalue weighted by Gasteiger charge is 2.18. The first-order chi connectivity index (χ1) is 14.1. The lowest BCUT2D eigenvalue weighted by Crippen LogP contribution is -2.36. The van der Waals surface area contributed by atoms with Gasteiger partial charge in [0, 0.05) is 18.8 Å². The van der Waals surface area contributed by atoms with E-state index in [1.165, 1.54) is 22.2 Å². The fourth-order valence-corrected chi connectivity index (χ4v) is 4.01. The number of amides is 1. The average Bonchev–Trinajstić information content (AvgIpc) is 3.18. The lowest BCUT2D eigenvalue weighted by Gasteiger charge is -2.25. The summed E-state index contributed by atoms with van der Waals surface area (Å²) in [5, 5.41) is 3.53. The third-order valence-corrected chi connectivity index (χ3v) is 5.51. The summed E-state index contributed by atoms with van der Waals surface area (Å²) >= 11 is 1.30. The highest BCUT2D eigenvalue weighted by Crippen LogP contribution is 2.25. The molecule has 1 fully saturated rings. The molecule has 0 bridgehead atoms. The first-order valence-corrected chi connectivity index (χ1v) is 10.2. The molecule has 152 valence electrons. The van der Waals surface area contributed by atoms with Gasteiger partial charge in [-0.2, -0.15) is 4.98 Å². The number of fused-ring (bicyclic) bond motifs is 1. The molecule has 1 amide bonds.